The zero-order chi connectivity index (χ0) is 13.1. The van der Waals surface area contributed by atoms with Gasteiger partial charge >= 0.3 is 0 Å². The summed E-state index contributed by atoms with van der Waals surface area (Å²) < 4.78 is 5.89. The van der Waals surface area contributed by atoms with Crippen molar-refractivity contribution in [3.8, 4) is 0 Å². The van der Waals surface area contributed by atoms with E-state index < -0.39 is 0 Å². The Balaban J connectivity index is 2.32. The number of hydrogen-bond donors (Lipinski definition) is 1. The Bertz CT molecular complexity index is 182. The maximum atomic E-state index is 10.2. The third-order valence-electron chi connectivity index (χ3n) is 4.00. The lowest BCUT2D eigenvalue weighted by Gasteiger charge is -2.24. The van der Waals surface area contributed by atoms with Gasteiger partial charge in [-0.3, -0.25) is 0 Å². The molecule has 2 atom stereocenters. The van der Waals surface area contributed by atoms with E-state index in [9.17, 15) is 5.11 Å². The van der Waals surface area contributed by atoms with Crippen LogP contribution in [0, 0.1) is 0 Å². The standard InChI is InChI=1S/C16H32O2/c1-2-3-14-18-16-13-11-9-7-5-4-6-8-10-12-15(16)17/h15-17H,2-14H2,1H3. The lowest BCUT2D eigenvalue weighted by Crippen LogP contribution is -2.29. The third-order valence-corrected chi connectivity index (χ3v) is 4.00. The largest absolute Gasteiger partial charge is 0.390 e. The predicted molar refractivity (Wildman–Crippen MR) is 76.8 cm³/mol. The highest BCUT2D eigenvalue weighted by Crippen LogP contribution is 2.19. The monoisotopic (exact) mass is 256 g/mol. The van der Waals surface area contributed by atoms with Crippen LogP contribution in [0.3, 0.4) is 0 Å². The summed E-state index contributed by atoms with van der Waals surface area (Å²) in [5, 5.41) is 10.2. The van der Waals surface area contributed by atoms with Crippen molar-refractivity contribution in [3.63, 3.8) is 0 Å². The van der Waals surface area contributed by atoms with Crippen molar-refractivity contribution >= 4 is 0 Å². The molecule has 1 saturated carbocycles. The molecule has 2 unspecified atom stereocenters. The molecule has 0 aliphatic heterocycles. The lowest BCUT2D eigenvalue weighted by molar-refractivity contribution is -0.0472. The van der Waals surface area contributed by atoms with E-state index >= 15 is 0 Å². The summed E-state index contributed by atoms with van der Waals surface area (Å²) in [6, 6.07) is 0. The van der Waals surface area contributed by atoms with Crippen LogP contribution >= 0.6 is 0 Å². The minimum Gasteiger partial charge on any atom is -0.390 e. The first kappa shape index (κ1) is 16.0. The lowest BCUT2D eigenvalue weighted by atomic mass is 9.97. The average Bonchev–Trinajstić information content (AvgIpc) is 2.37. The first-order valence-electron chi connectivity index (χ1n) is 8.14. The third kappa shape index (κ3) is 7.38. The molecule has 0 aromatic carbocycles. The molecular weight excluding hydrogens is 224 g/mol. The number of aliphatic hydroxyl groups is 1. The molecule has 0 spiro atoms. The highest BCUT2D eigenvalue weighted by atomic mass is 16.5. The van der Waals surface area contributed by atoms with Crippen LogP contribution in [0.4, 0.5) is 0 Å². The molecule has 1 N–H and O–H groups in total. The van der Waals surface area contributed by atoms with Crippen molar-refractivity contribution < 1.29 is 9.84 Å². The molecule has 18 heavy (non-hydrogen) atoms. The van der Waals surface area contributed by atoms with Gasteiger partial charge in [0.25, 0.3) is 0 Å². The predicted octanol–water partition coefficient (Wildman–Crippen LogP) is 4.45. The van der Waals surface area contributed by atoms with Crippen molar-refractivity contribution in [2.24, 2.45) is 0 Å². The number of aliphatic hydroxyl groups excluding tert-OH is 1. The number of ether oxygens (including phenoxy) is 1. The second kappa shape index (κ2) is 10.8. The molecule has 0 amide bonds. The van der Waals surface area contributed by atoms with E-state index in [0.717, 1.165) is 32.3 Å². The summed E-state index contributed by atoms with van der Waals surface area (Å²) >= 11 is 0. The van der Waals surface area contributed by atoms with Crippen molar-refractivity contribution in [2.75, 3.05) is 6.61 Å². The second-order valence-corrected chi connectivity index (χ2v) is 5.74. The molecule has 1 fully saturated rings. The van der Waals surface area contributed by atoms with Crippen LogP contribution in [-0.4, -0.2) is 23.9 Å². The van der Waals surface area contributed by atoms with E-state index in [2.05, 4.69) is 6.92 Å². The second-order valence-electron chi connectivity index (χ2n) is 5.74. The molecule has 0 radical (unpaired) electrons. The molecule has 0 aromatic heterocycles. The van der Waals surface area contributed by atoms with Gasteiger partial charge in [0, 0.05) is 6.61 Å². The maximum absolute atomic E-state index is 10.2. The molecule has 0 aromatic rings. The van der Waals surface area contributed by atoms with Gasteiger partial charge in [0.15, 0.2) is 0 Å². The zero-order valence-electron chi connectivity index (χ0n) is 12.2. The maximum Gasteiger partial charge on any atom is 0.0833 e. The van der Waals surface area contributed by atoms with Gasteiger partial charge in [0.1, 0.15) is 0 Å². The van der Waals surface area contributed by atoms with Crippen LogP contribution in [0.1, 0.15) is 84.0 Å². The van der Waals surface area contributed by atoms with Crippen molar-refractivity contribution in [1.29, 1.82) is 0 Å². The SMILES string of the molecule is CCCCOC1CCCCCCCCCCC1O. The minimum atomic E-state index is -0.235. The van der Waals surface area contributed by atoms with Crippen LogP contribution in [0.15, 0.2) is 0 Å². The Morgan fingerprint density at radius 3 is 2.06 bits per heavy atom. The quantitative estimate of drug-likeness (QED) is 0.753. The molecule has 1 rings (SSSR count). The van der Waals surface area contributed by atoms with E-state index in [-0.39, 0.29) is 12.2 Å². The minimum absolute atomic E-state index is 0.0935. The van der Waals surface area contributed by atoms with Crippen molar-refractivity contribution in [3.05, 3.63) is 0 Å². The molecule has 1 aliphatic rings. The number of unbranched alkanes of at least 4 members (excludes halogenated alkanes) is 1. The molecule has 1 aliphatic carbocycles. The molecule has 2 heteroatoms. The summed E-state index contributed by atoms with van der Waals surface area (Å²) in [6.45, 7) is 3.00. The molecule has 2 nitrogen and oxygen atoms in total. The zero-order valence-corrected chi connectivity index (χ0v) is 12.2. The molecule has 0 saturated heterocycles. The summed E-state index contributed by atoms with van der Waals surface area (Å²) in [5.74, 6) is 0. The smallest absolute Gasteiger partial charge is 0.0833 e. The van der Waals surface area contributed by atoms with E-state index in [1.54, 1.807) is 0 Å². The van der Waals surface area contributed by atoms with Crippen LogP contribution < -0.4 is 0 Å². The normalized spacial score (nSPS) is 28.3. The van der Waals surface area contributed by atoms with Crippen molar-refractivity contribution in [1.82, 2.24) is 0 Å². The topological polar surface area (TPSA) is 29.5 Å². The summed E-state index contributed by atoms with van der Waals surface area (Å²) in [6.07, 6.45) is 14.6. The van der Waals surface area contributed by atoms with Crippen LogP contribution in [0.2, 0.25) is 0 Å². The Morgan fingerprint density at radius 1 is 0.889 bits per heavy atom. The Kier molecular flexibility index (Phi) is 9.59. The molecular formula is C16H32O2. The van der Waals surface area contributed by atoms with E-state index in [1.807, 2.05) is 0 Å². The highest BCUT2D eigenvalue weighted by Gasteiger charge is 2.19. The fourth-order valence-electron chi connectivity index (χ4n) is 2.71. The van der Waals surface area contributed by atoms with Gasteiger partial charge in [-0.05, 0) is 19.3 Å². The van der Waals surface area contributed by atoms with E-state index in [0.29, 0.717) is 0 Å². The van der Waals surface area contributed by atoms with Crippen LogP contribution in [-0.2, 0) is 4.74 Å². The highest BCUT2D eigenvalue weighted by molar-refractivity contribution is 4.70. The first-order chi connectivity index (χ1) is 8.84. The fraction of sp³-hybridized carbons (Fsp3) is 1.00. The summed E-state index contributed by atoms with van der Waals surface area (Å²) in [7, 11) is 0. The summed E-state index contributed by atoms with van der Waals surface area (Å²) in [5.41, 5.74) is 0. The Labute approximate surface area is 113 Å². The summed E-state index contributed by atoms with van der Waals surface area (Å²) in [4.78, 5) is 0. The van der Waals surface area contributed by atoms with Gasteiger partial charge in [0.2, 0.25) is 0 Å². The van der Waals surface area contributed by atoms with E-state index in [1.165, 1.54) is 51.4 Å². The Hall–Kier alpha value is -0.0800. The van der Waals surface area contributed by atoms with Crippen LogP contribution in [0.5, 0.6) is 0 Å². The van der Waals surface area contributed by atoms with Gasteiger partial charge in [0.05, 0.1) is 12.2 Å². The molecule has 108 valence electrons. The van der Waals surface area contributed by atoms with Gasteiger partial charge < -0.3 is 9.84 Å². The van der Waals surface area contributed by atoms with E-state index in [4.69, 9.17) is 4.74 Å². The number of hydrogen-bond acceptors (Lipinski definition) is 2. The Morgan fingerprint density at radius 2 is 1.44 bits per heavy atom. The fourth-order valence-corrected chi connectivity index (χ4v) is 2.71. The van der Waals surface area contributed by atoms with Crippen molar-refractivity contribution in [2.45, 2.75) is 96.2 Å². The van der Waals surface area contributed by atoms with Gasteiger partial charge in [-0.2, -0.15) is 0 Å². The average molecular weight is 256 g/mol. The van der Waals surface area contributed by atoms with Gasteiger partial charge in [-0.1, -0.05) is 64.7 Å². The van der Waals surface area contributed by atoms with Crippen LogP contribution in [0.25, 0.3) is 0 Å². The molecule has 0 heterocycles. The first-order valence-corrected chi connectivity index (χ1v) is 8.14. The van der Waals surface area contributed by atoms with Gasteiger partial charge in [-0.15, -0.1) is 0 Å². The van der Waals surface area contributed by atoms with Gasteiger partial charge in [-0.25, -0.2) is 0 Å². The number of rotatable bonds is 4. The molecule has 0 bridgehead atoms.